The fraction of sp³-hybridized carbons (Fsp3) is 0.150. The minimum Gasteiger partial charge on any atom is -0.444 e. The first kappa shape index (κ1) is 17.6. The smallest absolute Gasteiger partial charge is 0.309 e. The Kier molecular flexibility index (Phi) is 4.44. The molecule has 0 aliphatic carbocycles. The van der Waals surface area contributed by atoms with Crippen molar-refractivity contribution in [2.24, 2.45) is 0 Å². The highest BCUT2D eigenvalue weighted by Crippen LogP contribution is 2.22. The molecule has 0 bridgehead atoms. The van der Waals surface area contributed by atoms with Crippen molar-refractivity contribution >= 4 is 28.7 Å². The first-order chi connectivity index (χ1) is 13.6. The third-order valence-electron chi connectivity index (χ3n) is 4.52. The van der Waals surface area contributed by atoms with E-state index in [2.05, 4.69) is 4.98 Å². The molecule has 0 radical (unpaired) electrons. The lowest BCUT2D eigenvalue weighted by atomic mass is 10.1. The van der Waals surface area contributed by atoms with Crippen LogP contribution >= 0.6 is 0 Å². The molecule has 3 aromatic rings. The molecule has 0 atom stereocenters. The van der Waals surface area contributed by atoms with Gasteiger partial charge in [-0.1, -0.05) is 24.3 Å². The number of esters is 1. The summed E-state index contributed by atoms with van der Waals surface area (Å²) in [5.41, 5.74) is 0.908. The van der Waals surface area contributed by atoms with Crippen LogP contribution in [0.3, 0.4) is 0 Å². The maximum absolute atomic E-state index is 12.4. The number of amides is 2. The van der Waals surface area contributed by atoms with Crippen LogP contribution < -0.4 is 5.56 Å². The number of para-hydroxylation sites is 1. The number of carbonyl (C=O) groups is 3. The number of benzene rings is 2. The van der Waals surface area contributed by atoms with Crippen LogP contribution in [0.25, 0.3) is 10.9 Å². The van der Waals surface area contributed by atoms with Crippen LogP contribution in [0.2, 0.25) is 0 Å². The zero-order chi connectivity index (χ0) is 19.7. The van der Waals surface area contributed by atoms with Gasteiger partial charge in [0.1, 0.15) is 0 Å². The number of ether oxygens (including phenoxy) is 1. The fourth-order valence-electron chi connectivity index (χ4n) is 3.04. The first-order valence-electron chi connectivity index (χ1n) is 8.61. The fourth-order valence-corrected chi connectivity index (χ4v) is 3.04. The molecule has 0 spiro atoms. The Morgan fingerprint density at radius 2 is 1.57 bits per heavy atom. The van der Waals surface area contributed by atoms with E-state index in [-0.39, 0.29) is 29.7 Å². The lowest BCUT2D eigenvalue weighted by Crippen LogP contribution is -2.33. The Morgan fingerprint density at radius 3 is 2.29 bits per heavy atom. The number of aryl methyl sites for hydroxylation is 1. The van der Waals surface area contributed by atoms with Crippen LogP contribution in [0, 0.1) is 0 Å². The summed E-state index contributed by atoms with van der Waals surface area (Å²) in [6.07, 6.45) is 1.28. The summed E-state index contributed by atoms with van der Waals surface area (Å²) in [4.78, 5) is 53.9. The summed E-state index contributed by atoms with van der Waals surface area (Å²) < 4.78 is 6.38. The second-order valence-corrected chi connectivity index (χ2v) is 6.24. The average Bonchev–Trinajstić information content (AvgIpc) is 2.96. The highest BCUT2D eigenvalue weighted by atomic mass is 16.5. The molecular weight excluding hydrogens is 362 g/mol. The highest BCUT2D eigenvalue weighted by molar-refractivity contribution is 6.21. The molecule has 0 N–H and O–H groups in total. The molecule has 1 aliphatic rings. The van der Waals surface area contributed by atoms with Crippen LogP contribution in [-0.2, 0) is 16.1 Å². The number of hydrogen-bond donors (Lipinski definition) is 0. The molecule has 8 heteroatoms. The normalized spacial score (nSPS) is 13.1. The van der Waals surface area contributed by atoms with Crippen molar-refractivity contribution in [1.29, 1.82) is 0 Å². The van der Waals surface area contributed by atoms with Crippen LogP contribution in [0.4, 0.5) is 0 Å². The summed E-state index contributed by atoms with van der Waals surface area (Å²) in [7, 11) is 0. The Labute approximate surface area is 159 Å². The van der Waals surface area contributed by atoms with E-state index < -0.39 is 24.5 Å². The molecule has 1 aliphatic heterocycles. The molecule has 0 unspecified atom stereocenters. The maximum atomic E-state index is 12.4. The number of imide groups is 1. The quantitative estimate of drug-likeness (QED) is 0.495. The van der Waals surface area contributed by atoms with Gasteiger partial charge in [0.15, 0.2) is 6.73 Å². The number of carbonyl (C=O) groups excluding carboxylic acids is 3. The van der Waals surface area contributed by atoms with Gasteiger partial charge in [-0.3, -0.25) is 23.7 Å². The second kappa shape index (κ2) is 7.07. The van der Waals surface area contributed by atoms with Gasteiger partial charge in [-0.05, 0) is 24.3 Å². The van der Waals surface area contributed by atoms with Crippen LogP contribution in [0.5, 0.6) is 0 Å². The largest absolute Gasteiger partial charge is 0.444 e. The van der Waals surface area contributed by atoms with E-state index in [9.17, 15) is 19.2 Å². The van der Waals surface area contributed by atoms with E-state index in [0.29, 0.717) is 10.9 Å². The number of nitrogens with zero attached hydrogens (tertiary/aromatic N) is 3. The number of hydrogen-bond acceptors (Lipinski definition) is 6. The Morgan fingerprint density at radius 1 is 0.929 bits per heavy atom. The van der Waals surface area contributed by atoms with Crippen molar-refractivity contribution in [3.63, 3.8) is 0 Å². The number of fused-ring (bicyclic) bond motifs is 2. The zero-order valence-corrected chi connectivity index (χ0v) is 14.7. The van der Waals surface area contributed by atoms with E-state index in [1.165, 1.54) is 10.9 Å². The van der Waals surface area contributed by atoms with Gasteiger partial charge in [0.05, 0.1) is 34.8 Å². The lowest BCUT2D eigenvalue weighted by molar-refractivity contribution is -0.146. The number of aromatic nitrogens is 2. The minimum absolute atomic E-state index is 0.0810. The SMILES string of the molecule is O=C(CCn1cnc2ccccc2c1=O)OCN1C(=O)c2ccccc2C1=O. The molecule has 0 saturated carbocycles. The van der Waals surface area contributed by atoms with Gasteiger partial charge in [0.25, 0.3) is 17.4 Å². The molecule has 0 saturated heterocycles. The second-order valence-electron chi connectivity index (χ2n) is 6.24. The predicted octanol–water partition coefficient (Wildman–Crippen LogP) is 1.58. The maximum Gasteiger partial charge on any atom is 0.309 e. The van der Waals surface area contributed by atoms with Gasteiger partial charge in [-0.15, -0.1) is 0 Å². The summed E-state index contributed by atoms with van der Waals surface area (Å²) >= 11 is 0. The summed E-state index contributed by atoms with van der Waals surface area (Å²) in [6, 6.07) is 13.4. The topological polar surface area (TPSA) is 98.6 Å². The van der Waals surface area contributed by atoms with Gasteiger partial charge >= 0.3 is 5.97 Å². The van der Waals surface area contributed by atoms with Gasteiger partial charge in [-0.2, -0.15) is 0 Å². The van der Waals surface area contributed by atoms with E-state index >= 15 is 0 Å². The predicted molar refractivity (Wildman–Crippen MR) is 98.5 cm³/mol. The van der Waals surface area contributed by atoms with Gasteiger partial charge in [0, 0.05) is 6.54 Å². The van der Waals surface area contributed by atoms with Crippen molar-refractivity contribution in [1.82, 2.24) is 14.5 Å². The monoisotopic (exact) mass is 377 g/mol. The molecule has 1 aromatic heterocycles. The van der Waals surface area contributed by atoms with Crippen molar-refractivity contribution in [3.8, 4) is 0 Å². The molecule has 28 heavy (non-hydrogen) atoms. The minimum atomic E-state index is -0.628. The Hall–Kier alpha value is -3.81. The molecule has 4 rings (SSSR count). The van der Waals surface area contributed by atoms with Crippen molar-refractivity contribution in [3.05, 3.63) is 76.3 Å². The molecule has 0 fully saturated rings. The van der Waals surface area contributed by atoms with Crippen molar-refractivity contribution in [2.75, 3.05) is 6.73 Å². The van der Waals surface area contributed by atoms with Crippen LogP contribution in [0.15, 0.2) is 59.7 Å². The third kappa shape index (κ3) is 3.05. The average molecular weight is 377 g/mol. The van der Waals surface area contributed by atoms with Crippen LogP contribution in [-0.4, -0.2) is 39.0 Å². The van der Waals surface area contributed by atoms with Crippen molar-refractivity contribution < 1.29 is 19.1 Å². The van der Waals surface area contributed by atoms with Crippen LogP contribution in [0.1, 0.15) is 27.1 Å². The van der Waals surface area contributed by atoms with Gasteiger partial charge < -0.3 is 4.74 Å². The molecule has 2 amide bonds. The zero-order valence-electron chi connectivity index (χ0n) is 14.7. The molecular formula is C20H15N3O5. The Bertz CT molecular complexity index is 1130. The van der Waals surface area contributed by atoms with Gasteiger partial charge in [0.2, 0.25) is 0 Å². The summed E-state index contributed by atoms with van der Waals surface area (Å²) in [6.45, 7) is -0.381. The standard InChI is InChI=1S/C20H15N3O5/c24-17(9-10-22-11-21-16-8-4-3-7-15(16)18(22)25)28-12-23-19(26)13-5-1-2-6-14(13)20(23)27/h1-8,11H,9-10,12H2. The summed E-state index contributed by atoms with van der Waals surface area (Å²) in [5, 5.41) is 0.462. The molecule has 8 nitrogen and oxygen atoms in total. The molecule has 2 heterocycles. The van der Waals surface area contributed by atoms with Crippen molar-refractivity contribution in [2.45, 2.75) is 13.0 Å². The lowest BCUT2D eigenvalue weighted by Gasteiger charge is -2.14. The van der Waals surface area contributed by atoms with Gasteiger partial charge in [-0.25, -0.2) is 9.88 Å². The molecule has 140 valence electrons. The highest BCUT2D eigenvalue weighted by Gasteiger charge is 2.35. The van der Waals surface area contributed by atoms with E-state index in [4.69, 9.17) is 4.74 Å². The number of rotatable bonds is 5. The first-order valence-corrected chi connectivity index (χ1v) is 8.61. The van der Waals surface area contributed by atoms with E-state index in [1.54, 1.807) is 48.5 Å². The molecule has 2 aromatic carbocycles. The van der Waals surface area contributed by atoms with E-state index in [0.717, 1.165) is 4.90 Å². The summed E-state index contributed by atoms with van der Waals surface area (Å²) in [5.74, 6) is -1.62. The third-order valence-corrected chi connectivity index (χ3v) is 4.52. The van der Waals surface area contributed by atoms with E-state index in [1.807, 2.05) is 0 Å². The Balaban J connectivity index is 1.37.